The second-order valence-electron chi connectivity index (χ2n) is 8.54. The van der Waals surface area contributed by atoms with Crippen LogP contribution in [0.4, 0.5) is 5.82 Å². The first-order chi connectivity index (χ1) is 15.4. The minimum Gasteiger partial charge on any atom is -0.383 e. The molecule has 0 spiro atoms. The molecule has 4 heterocycles. The monoisotopic (exact) mass is 425 g/mol. The highest BCUT2D eigenvalue weighted by molar-refractivity contribution is 5.88. The van der Waals surface area contributed by atoms with Crippen LogP contribution in [0.3, 0.4) is 0 Å². The first kappa shape index (κ1) is 20.2. The molecular formula is C25H27N7. The molecule has 7 nitrogen and oxygen atoms in total. The van der Waals surface area contributed by atoms with Gasteiger partial charge in [0, 0.05) is 23.8 Å². The molecule has 0 aliphatic carbocycles. The number of aromatic nitrogens is 5. The van der Waals surface area contributed by atoms with Crippen molar-refractivity contribution in [1.29, 1.82) is 0 Å². The lowest BCUT2D eigenvalue weighted by Crippen LogP contribution is -2.11. The number of nitrogen functional groups attached to an aromatic ring is 1. The molecule has 1 aromatic carbocycles. The van der Waals surface area contributed by atoms with Crippen molar-refractivity contribution in [3.8, 4) is 11.3 Å². The third-order valence-corrected chi connectivity index (χ3v) is 5.95. The highest BCUT2D eigenvalue weighted by atomic mass is 15.3. The van der Waals surface area contributed by atoms with Gasteiger partial charge in [-0.25, -0.2) is 14.6 Å². The quantitative estimate of drug-likeness (QED) is 0.454. The molecule has 32 heavy (non-hydrogen) atoms. The van der Waals surface area contributed by atoms with Crippen LogP contribution >= 0.6 is 0 Å². The normalized spacial score (nSPS) is 12.8. The Morgan fingerprint density at radius 3 is 2.59 bits per heavy atom. The Labute approximate surface area is 187 Å². The van der Waals surface area contributed by atoms with Crippen LogP contribution in [0.1, 0.15) is 29.8 Å². The number of hydrogen-bond acceptors (Lipinski definition) is 5. The second-order valence-corrected chi connectivity index (χ2v) is 8.54. The van der Waals surface area contributed by atoms with Crippen molar-refractivity contribution in [1.82, 2.24) is 29.0 Å². The molecule has 0 bridgehead atoms. The van der Waals surface area contributed by atoms with Gasteiger partial charge in [-0.2, -0.15) is 5.10 Å². The summed E-state index contributed by atoms with van der Waals surface area (Å²) in [6.45, 7) is 5.02. The molecule has 0 amide bonds. The van der Waals surface area contributed by atoms with Crippen LogP contribution in [0.15, 0.2) is 61.1 Å². The maximum absolute atomic E-state index is 6.13. The molecule has 0 aliphatic heterocycles. The fourth-order valence-electron chi connectivity index (χ4n) is 4.47. The Morgan fingerprint density at radius 2 is 1.84 bits per heavy atom. The highest BCUT2D eigenvalue weighted by Crippen LogP contribution is 2.35. The van der Waals surface area contributed by atoms with Gasteiger partial charge in [0.2, 0.25) is 0 Å². The summed E-state index contributed by atoms with van der Waals surface area (Å²) in [5.41, 5.74) is 13.7. The number of benzene rings is 1. The molecule has 162 valence electrons. The molecule has 0 fully saturated rings. The number of aryl methyl sites for hydroxylation is 1. The van der Waals surface area contributed by atoms with E-state index in [0.29, 0.717) is 5.82 Å². The van der Waals surface area contributed by atoms with Gasteiger partial charge in [0.05, 0.1) is 22.8 Å². The summed E-state index contributed by atoms with van der Waals surface area (Å²) in [6.07, 6.45) is 3.61. The van der Waals surface area contributed by atoms with Gasteiger partial charge in [0.15, 0.2) is 5.65 Å². The molecule has 0 radical (unpaired) electrons. The topological polar surface area (TPSA) is 77.3 Å². The Morgan fingerprint density at radius 1 is 1.06 bits per heavy atom. The van der Waals surface area contributed by atoms with E-state index in [9.17, 15) is 0 Å². The fraction of sp³-hybridized carbons (Fsp3) is 0.240. The number of hydrogen-bond donors (Lipinski definition) is 1. The summed E-state index contributed by atoms with van der Waals surface area (Å²) < 4.78 is 4.20. The second kappa shape index (κ2) is 7.76. The van der Waals surface area contributed by atoms with Gasteiger partial charge in [-0.3, -0.25) is 0 Å². The van der Waals surface area contributed by atoms with E-state index >= 15 is 0 Å². The van der Waals surface area contributed by atoms with E-state index in [0.717, 1.165) is 34.5 Å². The molecule has 2 N–H and O–H groups in total. The largest absolute Gasteiger partial charge is 0.383 e. The molecule has 1 unspecified atom stereocenters. The number of rotatable bonds is 5. The van der Waals surface area contributed by atoms with Crippen LogP contribution in [0.25, 0.3) is 27.8 Å². The molecular weight excluding hydrogens is 398 g/mol. The van der Waals surface area contributed by atoms with Crippen LogP contribution in [0.2, 0.25) is 0 Å². The minimum absolute atomic E-state index is 0.0446. The Balaban J connectivity index is 1.68. The zero-order chi connectivity index (χ0) is 22.4. The highest BCUT2D eigenvalue weighted by Gasteiger charge is 2.23. The Bertz CT molecular complexity index is 1410. The predicted molar refractivity (Wildman–Crippen MR) is 129 cm³/mol. The zero-order valence-corrected chi connectivity index (χ0v) is 18.8. The maximum atomic E-state index is 6.13. The first-order valence-corrected chi connectivity index (χ1v) is 10.7. The predicted octanol–water partition coefficient (Wildman–Crippen LogP) is 4.31. The van der Waals surface area contributed by atoms with Gasteiger partial charge in [-0.1, -0.05) is 30.3 Å². The summed E-state index contributed by atoms with van der Waals surface area (Å²) in [6, 6.07) is 17.3. The van der Waals surface area contributed by atoms with Gasteiger partial charge < -0.3 is 15.0 Å². The molecule has 4 aromatic heterocycles. The lowest BCUT2D eigenvalue weighted by molar-refractivity contribution is 0.402. The number of nitrogens with two attached hydrogens (primary N) is 1. The van der Waals surface area contributed by atoms with Crippen molar-refractivity contribution < 1.29 is 0 Å². The van der Waals surface area contributed by atoms with E-state index in [4.69, 9.17) is 10.8 Å². The molecule has 5 rings (SSSR count). The summed E-state index contributed by atoms with van der Waals surface area (Å²) in [5.74, 6) is 0.463. The zero-order valence-electron chi connectivity index (χ0n) is 18.8. The summed E-state index contributed by atoms with van der Waals surface area (Å²) in [4.78, 5) is 10.8. The van der Waals surface area contributed by atoms with Crippen LogP contribution in [-0.4, -0.2) is 43.1 Å². The number of anilines is 1. The molecule has 0 saturated carbocycles. The van der Waals surface area contributed by atoms with Crippen LogP contribution in [0.5, 0.6) is 0 Å². The number of pyridine rings is 1. The summed E-state index contributed by atoms with van der Waals surface area (Å²) in [5, 5.41) is 5.62. The molecule has 0 saturated heterocycles. The molecule has 5 aromatic rings. The van der Waals surface area contributed by atoms with E-state index in [2.05, 4.69) is 95.0 Å². The summed E-state index contributed by atoms with van der Waals surface area (Å²) >= 11 is 0. The minimum atomic E-state index is -0.0446. The van der Waals surface area contributed by atoms with Gasteiger partial charge >= 0.3 is 0 Å². The average molecular weight is 426 g/mol. The van der Waals surface area contributed by atoms with Crippen molar-refractivity contribution in [3.63, 3.8) is 0 Å². The third-order valence-electron chi connectivity index (χ3n) is 5.95. The van der Waals surface area contributed by atoms with E-state index in [-0.39, 0.29) is 6.04 Å². The van der Waals surface area contributed by atoms with Crippen molar-refractivity contribution in [2.75, 3.05) is 19.8 Å². The molecule has 7 heteroatoms. The van der Waals surface area contributed by atoms with Crippen molar-refractivity contribution in [2.24, 2.45) is 0 Å². The molecule has 1 atom stereocenters. The van der Waals surface area contributed by atoms with E-state index in [1.807, 2.05) is 11.6 Å². The standard InChI is InChI=1S/C25H27N7/c1-16-22-24(26)27-15-28-25(22)32(29-16)17(2)21-13-20-7-5-6-12-31(20)23(21)19-10-8-18(9-11-19)14-30(3)4/h5-13,15,17H,14H2,1-4H3,(H2,26,27,28). The van der Waals surface area contributed by atoms with Crippen LogP contribution < -0.4 is 5.73 Å². The number of fused-ring (bicyclic) bond motifs is 2. The van der Waals surface area contributed by atoms with Crippen LogP contribution in [0, 0.1) is 6.92 Å². The van der Waals surface area contributed by atoms with Crippen molar-refractivity contribution in [3.05, 3.63) is 77.9 Å². The third kappa shape index (κ3) is 3.31. The van der Waals surface area contributed by atoms with Gasteiger partial charge in [-0.15, -0.1) is 0 Å². The maximum Gasteiger partial charge on any atom is 0.164 e. The fourth-order valence-corrected chi connectivity index (χ4v) is 4.47. The molecule has 0 aliphatic rings. The Kier molecular flexibility index (Phi) is 4.90. The van der Waals surface area contributed by atoms with E-state index < -0.39 is 0 Å². The first-order valence-electron chi connectivity index (χ1n) is 10.7. The van der Waals surface area contributed by atoms with Crippen LogP contribution in [-0.2, 0) is 6.54 Å². The lowest BCUT2D eigenvalue weighted by Gasteiger charge is -2.16. The average Bonchev–Trinajstić information content (AvgIpc) is 3.32. The van der Waals surface area contributed by atoms with Gasteiger partial charge in [-0.05, 0) is 57.3 Å². The van der Waals surface area contributed by atoms with E-state index in [1.54, 1.807) is 0 Å². The van der Waals surface area contributed by atoms with Crippen molar-refractivity contribution >= 4 is 22.4 Å². The summed E-state index contributed by atoms with van der Waals surface area (Å²) in [7, 11) is 4.17. The van der Waals surface area contributed by atoms with Gasteiger partial charge in [0.25, 0.3) is 0 Å². The smallest absolute Gasteiger partial charge is 0.164 e. The van der Waals surface area contributed by atoms with Gasteiger partial charge in [0.1, 0.15) is 12.1 Å². The van der Waals surface area contributed by atoms with Crippen molar-refractivity contribution in [2.45, 2.75) is 26.4 Å². The SMILES string of the molecule is Cc1nn(C(C)c2cc3ccccn3c2-c2ccc(CN(C)C)cc2)c2ncnc(N)c12. The Hall–Kier alpha value is -3.71. The van der Waals surface area contributed by atoms with E-state index in [1.165, 1.54) is 23.0 Å². The number of nitrogens with zero attached hydrogens (tertiary/aromatic N) is 6. The lowest BCUT2D eigenvalue weighted by atomic mass is 10.0.